The summed E-state index contributed by atoms with van der Waals surface area (Å²) in [7, 11) is 0. The summed E-state index contributed by atoms with van der Waals surface area (Å²) in [6.07, 6.45) is 2.49. The van der Waals surface area contributed by atoms with Crippen LogP contribution in [0.1, 0.15) is 19.8 Å². The number of rotatable bonds is 0. The maximum absolute atomic E-state index is 4.87. The third-order valence-electron chi connectivity index (χ3n) is 1.79. The number of hydrogen-bond donors (Lipinski definition) is 0. The molecule has 0 bridgehead atoms. The standard InChI is InChI=1S/C6H11NS2.Na/c1-5-3-2-4-7(5)6(8)9;/h5H,2-4H2,1H3,(H,8,9);/q;+1/p-1. The fourth-order valence-corrected chi connectivity index (χ4v) is 1.75. The summed E-state index contributed by atoms with van der Waals surface area (Å²) in [5.74, 6) is 0. The van der Waals surface area contributed by atoms with Gasteiger partial charge in [0.05, 0.1) is 0 Å². The van der Waals surface area contributed by atoms with Crippen molar-refractivity contribution in [3.05, 3.63) is 0 Å². The van der Waals surface area contributed by atoms with Crippen molar-refractivity contribution in [2.75, 3.05) is 6.54 Å². The summed E-state index contributed by atoms with van der Waals surface area (Å²) < 4.78 is 0.639. The second kappa shape index (κ2) is 4.88. The topological polar surface area (TPSA) is 3.24 Å². The summed E-state index contributed by atoms with van der Waals surface area (Å²) in [5.41, 5.74) is 0. The quantitative estimate of drug-likeness (QED) is 0.250. The van der Waals surface area contributed by atoms with Gasteiger partial charge in [-0.1, -0.05) is 4.32 Å². The predicted octanol–water partition coefficient (Wildman–Crippen LogP) is -1.69. The summed E-state index contributed by atoms with van der Waals surface area (Å²) in [6.45, 7) is 3.25. The fourth-order valence-electron chi connectivity index (χ4n) is 1.20. The van der Waals surface area contributed by atoms with Crippen LogP contribution in [0.2, 0.25) is 0 Å². The van der Waals surface area contributed by atoms with Gasteiger partial charge in [0.15, 0.2) is 0 Å². The predicted molar refractivity (Wildman–Crippen MR) is 45.4 cm³/mol. The van der Waals surface area contributed by atoms with Crippen molar-refractivity contribution in [2.24, 2.45) is 0 Å². The van der Waals surface area contributed by atoms with Crippen LogP contribution >= 0.6 is 12.2 Å². The number of nitrogens with zero attached hydrogens (tertiary/aromatic N) is 1. The Balaban J connectivity index is 0.000000810. The Morgan fingerprint density at radius 2 is 2.30 bits per heavy atom. The average molecular weight is 183 g/mol. The normalized spacial score (nSPS) is 24.1. The molecule has 0 radical (unpaired) electrons. The minimum Gasteiger partial charge on any atom is -0.411 e. The Hall–Kier alpha value is 1.11. The van der Waals surface area contributed by atoms with Crippen molar-refractivity contribution in [3.8, 4) is 0 Å². The summed E-state index contributed by atoms with van der Waals surface area (Å²) in [4.78, 5) is 2.12. The van der Waals surface area contributed by atoms with E-state index >= 15 is 0 Å². The van der Waals surface area contributed by atoms with Gasteiger partial charge in [-0.05, 0) is 19.8 Å². The van der Waals surface area contributed by atoms with Gasteiger partial charge in [-0.2, -0.15) is 0 Å². The molecular weight excluding hydrogens is 173 g/mol. The first kappa shape index (κ1) is 11.1. The molecule has 0 aromatic heterocycles. The van der Waals surface area contributed by atoms with Gasteiger partial charge in [0.1, 0.15) is 0 Å². The summed E-state index contributed by atoms with van der Waals surface area (Å²) >= 11 is 9.75. The zero-order chi connectivity index (χ0) is 6.85. The van der Waals surface area contributed by atoms with E-state index in [-0.39, 0.29) is 29.6 Å². The van der Waals surface area contributed by atoms with E-state index in [0.29, 0.717) is 10.4 Å². The Bertz CT molecular complexity index is 129. The molecule has 1 heterocycles. The molecule has 1 fully saturated rings. The van der Waals surface area contributed by atoms with Gasteiger partial charge >= 0.3 is 29.6 Å². The monoisotopic (exact) mass is 183 g/mol. The molecular formula is C6H10NNaS2. The van der Waals surface area contributed by atoms with E-state index in [9.17, 15) is 0 Å². The minimum atomic E-state index is 0. The van der Waals surface area contributed by atoms with Crippen molar-refractivity contribution in [1.29, 1.82) is 0 Å². The van der Waals surface area contributed by atoms with Gasteiger partial charge in [0, 0.05) is 12.6 Å². The van der Waals surface area contributed by atoms with Crippen LogP contribution in [0.4, 0.5) is 0 Å². The van der Waals surface area contributed by atoms with Gasteiger partial charge in [0.2, 0.25) is 0 Å². The fraction of sp³-hybridized carbons (Fsp3) is 0.833. The molecule has 10 heavy (non-hydrogen) atoms. The van der Waals surface area contributed by atoms with Crippen LogP contribution in [0, 0.1) is 0 Å². The maximum Gasteiger partial charge on any atom is 1.00 e. The van der Waals surface area contributed by atoms with E-state index in [4.69, 9.17) is 24.8 Å². The largest absolute Gasteiger partial charge is 1.00 e. The van der Waals surface area contributed by atoms with Crippen molar-refractivity contribution in [3.63, 3.8) is 0 Å². The molecule has 52 valence electrons. The first-order chi connectivity index (χ1) is 4.22. The Morgan fingerprint density at radius 3 is 2.50 bits per heavy atom. The molecule has 1 rings (SSSR count). The van der Waals surface area contributed by atoms with E-state index < -0.39 is 0 Å². The van der Waals surface area contributed by atoms with Gasteiger partial charge in [0.25, 0.3) is 0 Å². The van der Waals surface area contributed by atoms with Crippen molar-refractivity contribution in [2.45, 2.75) is 25.8 Å². The van der Waals surface area contributed by atoms with Crippen LogP contribution in [0.15, 0.2) is 0 Å². The Labute approximate surface area is 95.2 Å². The number of likely N-dealkylation sites (tertiary alicyclic amines) is 1. The number of thiocarbonyl (C=S) groups is 1. The van der Waals surface area contributed by atoms with Crippen LogP contribution in [0.3, 0.4) is 0 Å². The van der Waals surface area contributed by atoms with E-state index in [2.05, 4.69) is 11.8 Å². The zero-order valence-electron chi connectivity index (χ0n) is 6.46. The van der Waals surface area contributed by atoms with E-state index in [1.807, 2.05) is 0 Å². The van der Waals surface area contributed by atoms with Crippen molar-refractivity contribution >= 4 is 29.2 Å². The molecule has 0 N–H and O–H groups in total. The molecule has 1 unspecified atom stereocenters. The van der Waals surface area contributed by atoms with Crippen LogP contribution in [-0.4, -0.2) is 21.8 Å². The summed E-state index contributed by atoms with van der Waals surface area (Å²) in [5, 5.41) is 0. The molecule has 4 heteroatoms. The zero-order valence-corrected chi connectivity index (χ0v) is 10.1. The Morgan fingerprint density at radius 1 is 1.70 bits per heavy atom. The van der Waals surface area contributed by atoms with Crippen molar-refractivity contribution in [1.82, 2.24) is 4.90 Å². The molecule has 0 aliphatic carbocycles. The van der Waals surface area contributed by atoms with Gasteiger partial charge in [-0.15, -0.1) is 0 Å². The third kappa shape index (κ3) is 2.62. The molecule has 1 nitrogen and oxygen atoms in total. The minimum absolute atomic E-state index is 0. The van der Waals surface area contributed by atoms with Crippen LogP contribution < -0.4 is 29.6 Å². The maximum atomic E-state index is 4.87. The van der Waals surface area contributed by atoms with Crippen LogP contribution in [0.25, 0.3) is 0 Å². The van der Waals surface area contributed by atoms with Crippen LogP contribution in [-0.2, 0) is 12.6 Å². The van der Waals surface area contributed by atoms with Crippen molar-refractivity contribution < 1.29 is 29.6 Å². The van der Waals surface area contributed by atoms with E-state index in [1.54, 1.807) is 0 Å². The van der Waals surface area contributed by atoms with Gasteiger partial charge in [-0.3, -0.25) is 0 Å². The molecule has 0 aromatic rings. The van der Waals surface area contributed by atoms with Gasteiger partial charge < -0.3 is 29.7 Å². The molecule has 0 aromatic carbocycles. The van der Waals surface area contributed by atoms with Crippen LogP contribution in [0.5, 0.6) is 0 Å². The molecule has 1 atom stereocenters. The average Bonchev–Trinajstić information content (AvgIpc) is 2.13. The Kier molecular flexibility index (Phi) is 5.42. The molecule has 0 amide bonds. The first-order valence-electron chi connectivity index (χ1n) is 3.19. The SMILES string of the molecule is CC1CCCN1C(=S)[S-].[Na+]. The van der Waals surface area contributed by atoms with Gasteiger partial charge in [-0.25, -0.2) is 0 Å². The second-order valence-electron chi connectivity index (χ2n) is 2.45. The summed E-state index contributed by atoms with van der Waals surface area (Å²) in [6, 6.07) is 0.593. The van der Waals surface area contributed by atoms with E-state index in [1.165, 1.54) is 12.8 Å². The molecule has 0 saturated carbocycles. The molecule has 1 saturated heterocycles. The third-order valence-corrected chi connectivity index (χ3v) is 2.26. The van der Waals surface area contributed by atoms with E-state index in [0.717, 1.165) is 6.54 Å². The first-order valence-corrected chi connectivity index (χ1v) is 4.01. The number of hydrogen-bond acceptors (Lipinski definition) is 2. The smallest absolute Gasteiger partial charge is 0.411 e. The molecule has 1 aliphatic rings. The molecule has 0 spiro atoms. The second-order valence-corrected chi connectivity index (χ2v) is 3.48. The molecule has 1 aliphatic heterocycles.